The molecule has 2 heterocycles. The molecule has 7 heteroatoms. The molecular weight excluding hydrogens is 400 g/mol. The van der Waals surface area contributed by atoms with E-state index in [-0.39, 0.29) is 18.1 Å². The molecule has 0 unspecified atom stereocenters. The van der Waals surface area contributed by atoms with Crippen LogP contribution in [0.25, 0.3) is 0 Å². The number of ether oxygens (including phenoxy) is 1. The van der Waals surface area contributed by atoms with Crippen molar-refractivity contribution in [1.29, 1.82) is 5.26 Å². The lowest BCUT2D eigenvalue weighted by Crippen LogP contribution is -2.48. The van der Waals surface area contributed by atoms with Crippen LogP contribution in [0, 0.1) is 18.3 Å². The third-order valence-electron chi connectivity index (χ3n) is 5.56. The number of fused-ring (bicyclic) bond motifs is 1. The van der Waals surface area contributed by atoms with Crippen molar-refractivity contribution in [3.63, 3.8) is 0 Å². The number of nitriles is 1. The van der Waals surface area contributed by atoms with Gasteiger partial charge in [0.2, 0.25) is 5.91 Å². The third kappa shape index (κ3) is 3.18. The second kappa shape index (κ2) is 7.63. The van der Waals surface area contributed by atoms with E-state index in [0.717, 1.165) is 11.1 Å². The van der Waals surface area contributed by atoms with Crippen molar-refractivity contribution >= 4 is 23.6 Å². The summed E-state index contributed by atoms with van der Waals surface area (Å²) < 4.78 is 4.72. The number of rotatable bonds is 3. The lowest BCUT2D eigenvalue weighted by atomic mass is 9.85. The van der Waals surface area contributed by atoms with E-state index in [0.29, 0.717) is 21.7 Å². The summed E-state index contributed by atoms with van der Waals surface area (Å²) in [5.74, 6) is -0.843. The fourth-order valence-electron chi connectivity index (χ4n) is 3.91. The van der Waals surface area contributed by atoms with E-state index in [4.69, 9.17) is 4.74 Å². The SMILES string of the molecule is COC(=O)c1ccc([C@H]2CC(=O)N3C(=C2C#N)SC[C@@]3(O)c2ccc(C)cc2)cc1. The van der Waals surface area contributed by atoms with Crippen molar-refractivity contribution in [3.05, 3.63) is 81.4 Å². The quantitative estimate of drug-likeness (QED) is 0.765. The van der Waals surface area contributed by atoms with Crippen LogP contribution in [0.4, 0.5) is 0 Å². The van der Waals surface area contributed by atoms with Crippen LogP contribution in [-0.4, -0.2) is 34.7 Å². The minimum absolute atomic E-state index is 0.0682. The molecule has 1 amide bonds. The number of aliphatic hydroxyl groups is 1. The number of hydrogen-bond acceptors (Lipinski definition) is 6. The zero-order valence-electron chi connectivity index (χ0n) is 16.6. The highest BCUT2D eigenvalue weighted by molar-refractivity contribution is 8.03. The van der Waals surface area contributed by atoms with E-state index in [1.165, 1.54) is 23.8 Å². The van der Waals surface area contributed by atoms with Gasteiger partial charge >= 0.3 is 5.97 Å². The van der Waals surface area contributed by atoms with Crippen molar-refractivity contribution in [2.24, 2.45) is 0 Å². The fraction of sp³-hybridized carbons (Fsp3) is 0.261. The monoisotopic (exact) mass is 420 g/mol. The summed E-state index contributed by atoms with van der Waals surface area (Å²) in [6.07, 6.45) is 0.0682. The number of aryl methyl sites for hydroxylation is 1. The molecule has 2 aromatic rings. The van der Waals surface area contributed by atoms with Crippen LogP contribution in [0.15, 0.2) is 59.1 Å². The van der Waals surface area contributed by atoms with Crippen molar-refractivity contribution in [1.82, 2.24) is 4.90 Å². The maximum Gasteiger partial charge on any atom is 0.337 e. The van der Waals surface area contributed by atoms with Gasteiger partial charge in [-0.05, 0) is 24.6 Å². The Morgan fingerprint density at radius 2 is 1.90 bits per heavy atom. The highest BCUT2D eigenvalue weighted by atomic mass is 32.2. The van der Waals surface area contributed by atoms with E-state index in [2.05, 4.69) is 6.07 Å². The summed E-state index contributed by atoms with van der Waals surface area (Å²) >= 11 is 1.32. The first-order valence-electron chi connectivity index (χ1n) is 9.47. The maximum atomic E-state index is 13.1. The molecule has 1 fully saturated rings. The fourth-order valence-corrected chi connectivity index (χ4v) is 5.27. The topological polar surface area (TPSA) is 90.6 Å². The molecule has 1 N–H and O–H groups in total. The smallest absolute Gasteiger partial charge is 0.337 e. The molecule has 0 aliphatic carbocycles. The van der Waals surface area contributed by atoms with Crippen LogP contribution >= 0.6 is 11.8 Å². The molecular formula is C23H20N2O4S. The summed E-state index contributed by atoms with van der Waals surface area (Å²) in [7, 11) is 1.31. The van der Waals surface area contributed by atoms with Gasteiger partial charge in [0, 0.05) is 17.9 Å². The highest BCUT2D eigenvalue weighted by Crippen LogP contribution is 2.51. The van der Waals surface area contributed by atoms with Gasteiger partial charge in [-0.15, -0.1) is 11.8 Å². The van der Waals surface area contributed by atoms with E-state index in [9.17, 15) is 20.0 Å². The summed E-state index contributed by atoms with van der Waals surface area (Å²) in [6.45, 7) is 1.96. The molecule has 152 valence electrons. The van der Waals surface area contributed by atoms with Crippen LogP contribution in [-0.2, 0) is 15.3 Å². The number of nitrogens with zero attached hydrogens (tertiary/aromatic N) is 2. The third-order valence-corrected chi connectivity index (χ3v) is 6.78. The van der Waals surface area contributed by atoms with Crippen LogP contribution in [0.3, 0.4) is 0 Å². The highest BCUT2D eigenvalue weighted by Gasteiger charge is 2.51. The molecule has 2 aromatic carbocycles. The maximum absolute atomic E-state index is 13.1. The van der Waals surface area contributed by atoms with Crippen molar-refractivity contribution in [2.75, 3.05) is 12.9 Å². The van der Waals surface area contributed by atoms with E-state index in [1.54, 1.807) is 24.3 Å². The Kier molecular flexibility index (Phi) is 5.14. The molecule has 0 aromatic heterocycles. The van der Waals surface area contributed by atoms with Crippen LogP contribution in [0.5, 0.6) is 0 Å². The van der Waals surface area contributed by atoms with E-state index >= 15 is 0 Å². The van der Waals surface area contributed by atoms with E-state index in [1.807, 2.05) is 31.2 Å². The Bertz CT molecular complexity index is 1090. The van der Waals surface area contributed by atoms with Gasteiger partial charge in [0.05, 0.1) is 35.1 Å². The Morgan fingerprint density at radius 3 is 2.50 bits per heavy atom. The van der Waals surface area contributed by atoms with Gasteiger partial charge in [-0.2, -0.15) is 5.26 Å². The molecule has 0 saturated carbocycles. The molecule has 2 aliphatic rings. The average molecular weight is 420 g/mol. The van der Waals surface area contributed by atoms with Crippen LogP contribution in [0.2, 0.25) is 0 Å². The van der Waals surface area contributed by atoms with Gasteiger partial charge in [0.1, 0.15) is 0 Å². The van der Waals surface area contributed by atoms with Crippen molar-refractivity contribution in [3.8, 4) is 6.07 Å². The van der Waals surface area contributed by atoms with Gasteiger partial charge in [0.15, 0.2) is 5.72 Å². The van der Waals surface area contributed by atoms with Gasteiger partial charge in [-0.25, -0.2) is 4.79 Å². The summed E-state index contributed by atoms with van der Waals surface area (Å²) in [5, 5.41) is 21.8. The number of thioether (sulfide) groups is 1. The zero-order valence-corrected chi connectivity index (χ0v) is 17.4. The second-order valence-electron chi connectivity index (χ2n) is 7.40. The lowest BCUT2D eigenvalue weighted by Gasteiger charge is -2.38. The van der Waals surface area contributed by atoms with Gasteiger partial charge in [0.25, 0.3) is 0 Å². The first-order valence-corrected chi connectivity index (χ1v) is 10.5. The standard InChI is InChI=1S/C23H20N2O4S/c1-14-3-9-17(10-4-14)23(28)13-30-21-19(12-24)18(11-20(26)25(21)23)15-5-7-16(8-6-15)22(27)29-2/h3-10,18,28H,11,13H2,1-2H3/t18-,23-/m1/s1. The molecule has 0 radical (unpaired) electrons. The average Bonchev–Trinajstić information content (AvgIpc) is 3.12. The Hall–Kier alpha value is -3.08. The first-order chi connectivity index (χ1) is 14.4. The number of esters is 1. The summed E-state index contributed by atoms with van der Waals surface area (Å²) in [6, 6.07) is 16.4. The number of benzene rings is 2. The molecule has 6 nitrogen and oxygen atoms in total. The van der Waals surface area contributed by atoms with Crippen molar-refractivity contribution in [2.45, 2.75) is 25.0 Å². The normalized spacial score (nSPS) is 23.2. The number of allylic oxidation sites excluding steroid dienone is 1. The van der Waals surface area contributed by atoms with E-state index < -0.39 is 17.6 Å². The predicted octanol–water partition coefficient (Wildman–Crippen LogP) is 3.42. The molecule has 0 bridgehead atoms. The van der Waals surface area contributed by atoms with Crippen LogP contribution < -0.4 is 0 Å². The Labute approximate surface area is 178 Å². The van der Waals surface area contributed by atoms with Gasteiger partial charge < -0.3 is 9.84 Å². The minimum Gasteiger partial charge on any atom is -0.465 e. The molecule has 2 aliphatic heterocycles. The number of carbonyl (C=O) groups excluding carboxylic acids is 2. The second-order valence-corrected chi connectivity index (χ2v) is 8.37. The number of hydrogen-bond donors (Lipinski definition) is 1. The Balaban J connectivity index is 1.73. The molecule has 30 heavy (non-hydrogen) atoms. The largest absolute Gasteiger partial charge is 0.465 e. The molecule has 0 spiro atoms. The number of amides is 1. The number of carbonyl (C=O) groups is 2. The molecule has 2 atom stereocenters. The van der Waals surface area contributed by atoms with Crippen LogP contribution in [0.1, 0.15) is 39.4 Å². The lowest BCUT2D eigenvalue weighted by molar-refractivity contribution is -0.149. The minimum atomic E-state index is -1.48. The number of methoxy groups -OCH3 is 1. The first kappa shape index (κ1) is 20.2. The van der Waals surface area contributed by atoms with Crippen molar-refractivity contribution < 1.29 is 19.4 Å². The summed E-state index contributed by atoms with van der Waals surface area (Å²) in [5.41, 5.74) is 1.83. The molecule has 4 rings (SSSR count). The van der Waals surface area contributed by atoms with Gasteiger partial charge in [-0.1, -0.05) is 42.0 Å². The zero-order chi connectivity index (χ0) is 21.5. The van der Waals surface area contributed by atoms with Gasteiger partial charge in [-0.3, -0.25) is 9.69 Å². The molecule has 1 saturated heterocycles. The summed E-state index contributed by atoms with van der Waals surface area (Å²) in [4.78, 5) is 26.2. The predicted molar refractivity (Wildman–Crippen MR) is 112 cm³/mol. The Morgan fingerprint density at radius 1 is 1.23 bits per heavy atom.